The lowest BCUT2D eigenvalue weighted by molar-refractivity contribution is -0.119. The Morgan fingerprint density at radius 1 is 1.50 bits per heavy atom. The zero-order valence-electron chi connectivity index (χ0n) is 10.3. The first-order valence-corrected chi connectivity index (χ1v) is 5.04. The second-order valence-electron chi connectivity index (χ2n) is 3.76. The molecule has 1 amide bonds. The number of amides is 1. The molecule has 3 nitrogen and oxygen atoms in total. The number of rotatable bonds is 3. The quantitative estimate of drug-likeness (QED) is 0.572. The number of carbonyl (C=O) groups is 1. The van der Waals surface area contributed by atoms with Crippen LogP contribution in [-0.4, -0.2) is 17.2 Å². The summed E-state index contributed by atoms with van der Waals surface area (Å²) >= 11 is 0. The molecule has 0 radical (unpaired) electrons. The van der Waals surface area contributed by atoms with Crippen molar-refractivity contribution in [2.24, 2.45) is 4.99 Å². The van der Waals surface area contributed by atoms with Crippen molar-refractivity contribution in [3.8, 4) is 11.8 Å². The van der Waals surface area contributed by atoms with Crippen LogP contribution >= 0.6 is 0 Å². The summed E-state index contributed by atoms with van der Waals surface area (Å²) in [6.45, 7) is 10.6. The fourth-order valence-corrected chi connectivity index (χ4v) is 0.982. The molecule has 86 valence electrons. The first kappa shape index (κ1) is 14.2. The fourth-order valence-electron chi connectivity index (χ4n) is 0.982. The summed E-state index contributed by atoms with van der Waals surface area (Å²) in [7, 11) is 0. The van der Waals surface area contributed by atoms with Gasteiger partial charge in [-0.1, -0.05) is 18.6 Å². The Morgan fingerprint density at radius 2 is 2.12 bits per heavy atom. The van der Waals surface area contributed by atoms with E-state index < -0.39 is 5.54 Å². The predicted molar refractivity (Wildman–Crippen MR) is 68.1 cm³/mol. The van der Waals surface area contributed by atoms with Crippen molar-refractivity contribution < 1.29 is 4.79 Å². The third kappa shape index (κ3) is 6.61. The summed E-state index contributed by atoms with van der Waals surface area (Å²) in [4.78, 5) is 15.0. The molecule has 0 saturated carbocycles. The number of carbonyl (C=O) groups excluding carboxylic acids is 1. The minimum Gasteiger partial charge on any atom is -0.341 e. The van der Waals surface area contributed by atoms with E-state index in [-0.39, 0.29) is 5.91 Å². The van der Waals surface area contributed by atoms with E-state index in [1.54, 1.807) is 12.3 Å². The first-order valence-electron chi connectivity index (χ1n) is 5.04. The lowest BCUT2D eigenvalue weighted by Crippen LogP contribution is -2.40. The molecule has 16 heavy (non-hydrogen) atoms. The second kappa shape index (κ2) is 6.62. The Hall–Kier alpha value is -1.82. The van der Waals surface area contributed by atoms with Gasteiger partial charge in [0.1, 0.15) is 5.71 Å². The van der Waals surface area contributed by atoms with Crippen molar-refractivity contribution in [1.29, 1.82) is 0 Å². The van der Waals surface area contributed by atoms with Gasteiger partial charge in [0.15, 0.2) is 0 Å². The third-order valence-corrected chi connectivity index (χ3v) is 1.55. The number of hydrogen-bond acceptors (Lipinski definition) is 2. The number of allylic oxidation sites excluding steroid dienone is 2. The van der Waals surface area contributed by atoms with E-state index in [1.807, 2.05) is 26.8 Å². The topological polar surface area (TPSA) is 41.5 Å². The molecular formula is C13H18N2O. The molecule has 0 rings (SSSR count). The van der Waals surface area contributed by atoms with Gasteiger partial charge in [-0.3, -0.25) is 4.79 Å². The molecule has 0 unspecified atom stereocenters. The highest BCUT2D eigenvalue weighted by Crippen LogP contribution is 1.99. The fraction of sp³-hybridized carbons (Fsp3) is 0.385. The van der Waals surface area contributed by atoms with E-state index >= 15 is 0 Å². The van der Waals surface area contributed by atoms with E-state index in [0.717, 1.165) is 0 Å². The van der Waals surface area contributed by atoms with Crippen LogP contribution in [0.3, 0.4) is 0 Å². The summed E-state index contributed by atoms with van der Waals surface area (Å²) in [5.41, 5.74) is 0.0162. The molecule has 0 bridgehead atoms. The van der Waals surface area contributed by atoms with Crippen LogP contribution in [0.1, 0.15) is 27.7 Å². The van der Waals surface area contributed by atoms with Crippen LogP contribution in [0.2, 0.25) is 0 Å². The van der Waals surface area contributed by atoms with Crippen molar-refractivity contribution in [1.82, 2.24) is 5.32 Å². The summed E-state index contributed by atoms with van der Waals surface area (Å²) in [5.74, 6) is 5.69. The molecule has 0 aliphatic heterocycles. The smallest absolute Gasteiger partial charge is 0.218 e. The van der Waals surface area contributed by atoms with Crippen LogP contribution in [-0.2, 0) is 4.79 Å². The van der Waals surface area contributed by atoms with Crippen LogP contribution < -0.4 is 5.32 Å². The highest BCUT2D eigenvalue weighted by atomic mass is 16.1. The van der Waals surface area contributed by atoms with E-state index in [2.05, 4.69) is 28.7 Å². The first-order chi connectivity index (χ1) is 7.41. The normalized spacial score (nSPS) is 11.9. The third-order valence-electron chi connectivity index (χ3n) is 1.55. The standard InChI is InChI=1S/C13H18N2O/c1-6-10-14-12(7-2)8-9-13(4,5)15-11(3)16/h6-7,10H,2H2,1,3-5H3,(H,15,16)/b10-6-,14-12?. The summed E-state index contributed by atoms with van der Waals surface area (Å²) < 4.78 is 0. The Labute approximate surface area is 97.3 Å². The highest BCUT2D eigenvalue weighted by molar-refractivity contribution is 6.08. The molecular weight excluding hydrogens is 200 g/mol. The van der Waals surface area contributed by atoms with Gasteiger partial charge in [0.2, 0.25) is 5.91 Å². The van der Waals surface area contributed by atoms with Gasteiger partial charge in [-0.15, -0.1) is 0 Å². The summed E-state index contributed by atoms with van der Waals surface area (Å²) in [6.07, 6.45) is 5.04. The molecule has 0 fully saturated rings. The number of hydrogen-bond donors (Lipinski definition) is 1. The maximum Gasteiger partial charge on any atom is 0.218 e. The molecule has 0 saturated heterocycles. The maximum atomic E-state index is 10.9. The minimum atomic E-state index is -0.564. The lowest BCUT2D eigenvalue weighted by Gasteiger charge is -2.18. The van der Waals surface area contributed by atoms with Crippen LogP contribution in [0.15, 0.2) is 29.9 Å². The number of aliphatic imine (C=N–C) groups is 1. The lowest BCUT2D eigenvalue weighted by atomic mass is 10.1. The molecule has 0 spiro atoms. The molecule has 0 heterocycles. The van der Waals surface area contributed by atoms with Gasteiger partial charge in [-0.2, -0.15) is 0 Å². The minimum absolute atomic E-state index is 0.107. The molecule has 3 heteroatoms. The van der Waals surface area contributed by atoms with Gasteiger partial charge in [0.05, 0.1) is 5.54 Å². The summed E-state index contributed by atoms with van der Waals surface area (Å²) in [6, 6.07) is 0. The molecule has 0 aliphatic carbocycles. The van der Waals surface area contributed by atoms with Gasteiger partial charge in [-0.25, -0.2) is 4.99 Å². The molecule has 0 aromatic rings. The van der Waals surface area contributed by atoms with Crippen molar-refractivity contribution >= 4 is 11.6 Å². The van der Waals surface area contributed by atoms with Gasteiger partial charge in [-0.05, 0) is 32.8 Å². The Morgan fingerprint density at radius 3 is 2.56 bits per heavy atom. The van der Waals surface area contributed by atoms with Crippen molar-refractivity contribution in [3.63, 3.8) is 0 Å². The van der Waals surface area contributed by atoms with Gasteiger partial charge < -0.3 is 5.32 Å². The Balaban J connectivity index is 4.80. The van der Waals surface area contributed by atoms with Gasteiger partial charge >= 0.3 is 0 Å². The van der Waals surface area contributed by atoms with E-state index in [4.69, 9.17) is 0 Å². The van der Waals surface area contributed by atoms with Crippen LogP contribution in [0.5, 0.6) is 0 Å². The maximum absolute atomic E-state index is 10.9. The predicted octanol–water partition coefficient (Wildman–Crippen LogP) is 2.07. The number of nitrogens with zero attached hydrogens (tertiary/aromatic N) is 1. The van der Waals surface area contributed by atoms with Crippen molar-refractivity contribution in [2.45, 2.75) is 33.2 Å². The van der Waals surface area contributed by atoms with Gasteiger partial charge in [0, 0.05) is 13.1 Å². The van der Waals surface area contributed by atoms with Gasteiger partial charge in [0.25, 0.3) is 0 Å². The second-order valence-corrected chi connectivity index (χ2v) is 3.76. The molecule has 0 atom stereocenters. The monoisotopic (exact) mass is 218 g/mol. The zero-order valence-corrected chi connectivity index (χ0v) is 10.3. The zero-order chi connectivity index (χ0) is 12.6. The van der Waals surface area contributed by atoms with Crippen molar-refractivity contribution in [3.05, 3.63) is 24.9 Å². The SMILES string of the molecule is C=CC(C#CC(C)(C)NC(C)=O)=N/C=C\C. The highest BCUT2D eigenvalue weighted by Gasteiger charge is 2.14. The average molecular weight is 218 g/mol. The van der Waals surface area contributed by atoms with E-state index in [1.165, 1.54) is 6.92 Å². The van der Waals surface area contributed by atoms with E-state index in [0.29, 0.717) is 5.71 Å². The molecule has 0 aliphatic rings. The number of nitrogens with one attached hydrogen (secondary N) is 1. The van der Waals surface area contributed by atoms with Crippen LogP contribution in [0.25, 0.3) is 0 Å². The molecule has 0 aromatic heterocycles. The Kier molecular flexibility index (Phi) is 5.87. The van der Waals surface area contributed by atoms with Crippen LogP contribution in [0.4, 0.5) is 0 Å². The van der Waals surface area contributed by atoms with E-state index in [9.17, 15) is 4.79 Å². The molecule has 1 N–H and O–H groups in total. The Bertz CT molecular complexity index is 378. The average Bonchev–Trinajstić information content (AvgIpc) is 2.16. The largest absolute Gasteiger partial charge is 0.341 e. The summed E-state index contributed by atoms with van der Waals surface area (Å²) in [5, 5.41) is 2.73. The molecule has 0 aromatic carbocycles. The van der Waals surface area contributed by atoms with Crippen molar-refractivity contribution in [2.75, 3.05) is 0 Å². The van der Waals surface area contributed by atoms with Crippen LogP contribution in [0, 0.1) is 11.8 Å².